The molecule has 0 aliphatic carbocycles. The number of rotatable bonds is 4. The van der Waals surface area contributed by atoms with Crippen molar-refractivity contribution in [2.45, 2.75) is 0 Å². The first-order chi connectivity index (χ1) is 12.7. The van der Waals surface area contributed by atoms with Gasteiger partial charge in [-0.1, -0.05) is 30.3 Å². The molecule has 0 fully saturated rings. The lowest BCUT2D eigenvalue weighted by Crippen LogP contribution is -2.12. The Balaban J connectivity index is 1.62. The van der Waals surface area contributed by atoms with Gasteiger partial charge in [0.15, 0.2) is 11.5 Å². The Bertz CT molecular complexity index is 953. The van der Waals surface area contributed by atoms with Crippen LogP contribution in [0.3, 0.4) is 0 Å². The highest BCUT2D eigenvalue weighted by molar-refractivity contribution is 6.05. The van der Waals surface area contributed by atoms with Gasteiger partial charge in [0.1, 0.15) is 5.75 Å². The normalized spacial score (nSPS) is 11.9. The van der Waals surface area contributed by atoms with Crippen LogP contribution in [0.25, 0.3) is 11.1 Å². The molecule has 5 nitrogen and oxygen atoms in total. The third-order valence-corrected chi connectivity index (χ3v) is 4.18. The quantitative estimate of drug-likeness (QED) is 0.763. The Morgan fingerprint density at radius 2 is 1.77 bits per heavy atom. The van der Waals surface area contributed by atoms with Crippen molar-refractivity contribution >= 4 is 11.6 Å². The lowest BCUT2D eigenvalue weighted by molar-refractivity contribution is 0.102. The summed E-state index contributed by atoms with van der Waals surface area (Å²) in [7, 11) is 1.62. The highest BCUT2D eigenvalue weighted by Gasteiger charge is 2.16. The molecule has 0 radical (unpaired) electrons. The van der Waals surface area contributed by atoms with Crippen molar-refractivity contribution in [3.05, 3.63) is 72.3 Å². The van der Waals surface area contributed by atoms with Crippen molar-refractivity contribution in [3.63, 3.8) is 0 Å². The van der Waals surface area contributed by atoms with Crippen molar-refractivity contribution in [3.8, 4) is 28.4 Å². The second-order valence-electron chi connectivity index (χ2n) is 5.80. The minimum absolute atomic E-state index is 0.200. The first-order valence-electron chi connectivity index (χ1n) is 8.19. The maximum atomic E-state index is 12.7. The molecule has 130 valence electrons. The van der Waals surface area contributed by atoms with Crippen LogP contribution in [0.2, 0.25) is 0 Å². The molecule has 26 heavy (non-hydrogen) atoms. The van der Waals surface area contributed by atoms with Gasteiger partial charge in [-0.25, -0.2) is 0 Å². The molecular formula is C21H17NO4. The number of hydrogen-bond donors (Lipinski definition) is 1. The van der Waals surface area contributed by atoms with Gasteiger partial charge in [0.2, 0.25) is 6.79 Å². The molecule has 4 rings (SSSR count). The van der Waals surface area contributed by atoms with E-state index in [0.717, 1.165) is 16.9 Å². The van der Waals surface area contributed by atoms with Crippen molar-refractivity contribution in [2.24, 2.45) is 0 Å². The molecule has 3 aromatic carbocycles. The van der Waals surface area contributed by atoms with E-state index >= 15 is 0 Å². The Hall–Kier alpha value is -3.47. The van der Waals surface area contributed by atoms with Gasteiger partial charge in [0.05, 0.1) is 7.11 Å². The van der Waals surface area contributed by atoms with E-state index in [-0.39, 0.29) is 12.7 Å². The van der Waals surface area contributed by atoms with Crippen LogP contribution in [0.5, 0.6) is 17.2 Å². The molecule has 1 aliphatic heterocycles. The van der Waals surface area contributed by atoms with Crippen LogP contribution in [0.4, 0.5) is 5.69 Å². The fourth-order valence-electron chi connectivity index (χ4n) is 2.87. The predicted molar refractivity (Wildman–Crippen MR) is 98.9 cm³/mol. The number of fused-ring (bicyclic) bond motifs is 1. The van der Waals surface area contributed by atoms with E-state index in [9.17, 15) is 4.79 Å². The highest BCUT2D eigenvalue weighted by Crippen LogP contribution is 2.35. The van der Waals surface area contributed by atoms with E-state index in [0.29, 0.717) is 22.7 Å². The van der Waals surface area contributed by atoms with Gasteiger partial charge < -0.3 is 19.5 Å². The third-order valence-electron chi connectivity index (χ3n) is 4.18. The Kier molecular flexibility index (Phi) is 4.19. The summed E-state index contributed by atoms with van der Waals surface area (Å²) in [6.45, 7) is 0.200. The van der Waals surface area contributed by atoms with Gasteiger partial charge >= 0.3 is 0 Å². The number of carbonyl (C=O) groups excluding carboxylic acids is 1. The number of methoxy groups -OCH3 is 1. The van der Waals surface area contributed by atoms with E-state index in [4.69, 9.17) is 14.2 Å². The minimum Gasteiger partial charge on any atom is -0.496 e. The SMILES string of the molecule is COc1ccc(C(=O)Nc2ccc3c(c2)OCO3)cc1-c1ccccc1. The van der Waals surface area contributed by atoms with Crippen LogP contribution >= 0.6 is 0 Å². The van der Waals surface area contributed by atoms with E-state index in [1.165, 1.54) is 0 Å². The number of hydrogen-bond acceptors (Lipinski definition) is 4. The summed E-state index contributed by atoms with van der Waals surface area (Å²) < 4.78 is 16.1. The summed E-state index contributed by atoms with van der Waals surface area (Å²) in [6.07, 6.45) is 0. The Morgan fingerprint density at radius 1 is 0.962 bits per heavy atom. The maximum absolute atomic E-state index is 12.7. The molecule has 1 heterocycles. The van der Waals surface area contributed by atoms with Gasteiger partial charge in [-0.3, -0.25) is 4.79 Å². The lowest BCUT2D eigenvalue weighted by atomic mass is 10.0. The van der Waals surface area contributed by atoms with Crippen LogP contribution in [0.1, 0.15) is 10.4 Å². The average molecular weight is 347 g/mol. The lowest BCUT2D eigenvalue weighted by Gasteiger charge is -2.12. The third kappa shape index (κ3) is 3.07. The molecule has 5 heteroatoms. The van der Waals surface area contributed by atoms with E-state index in [1.54, 1.807) is 37.4 Å². The maximum Gasteiger partial charge on any atom is 0.255 e. The van der Waals surface area contributed by atoms with Crippen LogP contribution in [0.15, 0.2) is 66.7 Å². The topological polar surface area (TPSA) is 56.8 Å². The van der Waals surface area contributed by atoms with Gasteiger partial charge in [-0.15, -0.1) is 0 Å². The molecule has 1 aliphatic rings. The summed E-state index contributed by atoms with van der Waals surface area (Å²) in [5, 5.41) is 2.89. The van der Waals surface area contributed by atoms with E-state index in [2.05, 4.69) is 5.32 Å². The number of benzene rings is 3. The second-order valence-corrected chi connectivity index (χ2v) is 5.80. The zero-order chi connectivity index (χ0) is 17.9. The first-order valence-corrected chi connectivity index (χ1v) is 8.19. The summed E-state index contributed by atoms with van der Waals surface area (Å²) in [5.74, 6) is 1.82. The van der Waals surface area contributed by atoms with Gasteiger partial charge in [-0.05, 0) is 35.9 Å². The zero-order valence-electron chi connectivity index (χ0n) is 14.2. The number of nitrogens with one attached hydrogen (secondary N) is 1. The number of amides is 1. The number of carbonyl (C=O) groups is 1. The van der Waals surface area contributed by atoms with E-state index in [1.807, 2.05) is 36.4 Å². The molecule has 0 saturated heterocycles. The van der Waals surface area contributed by atoms with Crippen molar-refractivity contribution in [1.82, 2.24) is 0 Å². The van der Waals surface area contributed by atoms with Crippen LogP contribution < -0.4 is 19.5 Å². The summed E-state index contributed by atoms with van der Waals surface area (Å²) in [4.78, 5) is 12.7. The fourth-order valence-corrected chi connectivity index (χ4v) is 2.87. The molecule has 0 atom stereocenters. The largest absolute Gasteiger partial charge is 0.496 e. The molecule has 1 amide bonds. The minimum atomic E-state index is -0.205. The molecule has 0 spiro atoms. The highest BCUT2D eigenvalue weighted by atomic mass is 16.7. The Labute approximate surface area is 151 Å². The van der Waals surface area contributed by atoms with Gasteiger partial charge in [0, 0.05) is 22.9 Å². The number of ether oxygens (including phenoxy) is 3. The fraction of sp³-hybridized carbons (Fsp3) is 0.0952. The van der Waals surface area contributed by atoms with E-state index < -0.39 is 0 Å². The molecule has 1 N–H and O–H groups in total. The average Bonchev–Trinajstić information content (AvgIpc) is 3.16. The predicted octanol–water partition coefficient (Wildman–Crippen LogP) is 4.34. The van der Waals surface area contributed by atoms with Crippen LogP contribution in [0, 0.1) is 0 Å². The molecule has 0 bridgehead atoms. The van der Waals surface area contributed by atoms with Crippen LogP contribution in [-0.4, -0.2) is 19.8 Å². The van der Waals surface area contributed by atoms with Crippen molar-refractivity contribution < 1.29 is 19.0 Å². The number of anilines is 1. The molecule has 0 saturated carbocycles. The summed E-state index contributed by atoms with van der Waals surface area (Å²) in [5.41, 5.74) is 3.05. The molecule has 0 unspecified atom stereocenters. The monoisotopic (exact) mass is 347 g/mol. The summed E-state index contributed by atoms with van der Waals surface area (Å²) in [6, 6.07) is 20.5. The standard InChI is InChI=1S/C21H17NO4/c1-24-18-9-7-15(11-17(18)14-5-3-2-4-6-14)21(23)22-16-8-10-19-20(12-16)26-13-25-19/h2-12H,13H2,1H3,(H,22,23). The van der Waals surface area contributed by atoms with Gasteiger partial charge in [0.25, 0.3) is 5.91 Å². The van der Waals surface area contributed by atoms with Crippen LogP contribution in [-0.2, 0) is 0 Å². The van der Waals surface area contributed by atoms with Crippen molar-refractivity contribution in [2.75, 3.05) is 19.2 Å². The smallest absolute Gasteiger partial charge is 0.255 e. The second kappa shape index (κ2) is 6.80. The molecular weight excluding hydrogens is 330 g/mol. The van der Waals surface area contributed by atoms with Crippen molar-refractivity contribution in [1.29, 1.82) is 0 Å². The first kappa shape index (κ1) is 16.0. The van der Waals surface area contributed by atoms with Gasteiger partial charge in [-0.2, -0.15) is 0 Å². The molecule has 3 aromatic rings. The molecule has 0 aromatic heterocycles. The Morgan fingerprint density at radius 3 is 2.58 bits per heavy atom. The summed E-state index contributed by atoms with van der Waals surface area (Å²) >= 11 is 0. The zero-order valence-corrected chi connectivity index (χ0v) is 14.2.